The Kier molecular flexibility index (Phi) is 6.82. The fourth-order valence-electron chi connectivity index (χ4n) is 4.61. The molecule has 7 heteroatoms. The van der Waals surface area contributed by atoms with Crippen LogP contribution in [0.4, 0.5) is 0 Å². The first-order chi connectivity index (χ1) is 18.7. The summed E-state index contributed by atoms with van der Waals surface area (Å²) in [6.45, 7) is 0.633. The van der Waals surface area contributed by atoms with Gasteiger partial charge in [0.05, 0.1) is 29.5 Å². The number of carbonyl (C=O) groups excluding carboxylic acids is 1. The molecule has 38 heavy (non-hydrogen) atoms. The molecule has 186 valence electrons. The molecule has 1 amide bonds. The maximum absolute atomic E-state index is 12.8. The Balaban J connectivity index is 1.20. The number of hydrogen-bond acceptors (Lipinski definition) is 4. The molecular weight excluding hydrogens is 512 g/mol. The zero-order chi connectivity index (χ0) is 25.9. The molecule has 0 fully saturated rings. The number of nitrogens with one attached hydrogen (secondary N) is 1. The second kappa shape index (κ2) is 10.7. The molecule has 6 rings (SSSR count). The quantitative estimate of drug-likeness (QED) is 0.101. The van der Waals surface area contributed by atoms with Gasteiger partial charge < -0.3 is 4.57 Å². The number of hydrogen-bond donors (Lipinski definition) is 1. The van der Waals surface area contributed by atoms with Crippen LogP contribution in [0.15, 0.2) is 113 Å². The van der Waals surface area contributed by atoms with Crippen LogP contribution in [0.25, 0.3) is 32.6 Å². The van der Waals surface area contributed by atoms with Gasteiger partial charge in [-0.05, 0) is 57.4 Å². The number of fused-ring (bicyclic) bond motifs is 3. The zero-order valence-electron chi connectivity index (χ0n) is 20.3. The largest absolute Gasteiger partial charge is 0.314 e. The van der Waals surface area contributed by atoms with Crippen LogP contribution in [-0.2, 0) is 11.3 Å². The van der Waals surface area contributed by atoms with Gasteiger partial charge >= 0.3 is 0 Å². The Bertz CT molecular complexity index is 1760. The minimum Gasteiger partial charge on any atom is -0.314 e. The fourth-order valence-corrected chi connectivity index (χ4v) is 5.54. The fraction of sp³-hybridized carbons (Fsp3) is 0.0645. The highest BCUT2D eigenvalue weighted by Crippen LogP contribution is 2.28. The van der Waals surface area contributed by atoms with E-state index < -0.39 is 0 Å². The molecule has 0 aliphatic heterocycles. The molecule has 0 unspecified atom stereocenters. The van der Waals surface area contributed by atoms with E-state index in [-0.39, 0.29) is 11.7 Å². The van der Waals surface area contributed by atoms with Crippen LogP contribution < -0.4 is 5.43 Å². The average molecular weight is 535 g/mol. The van der Waals surface area contributed by atoms with Gasteiger partial charge in [-0.1, -0.05) is 96.2 Å². The second-order valence-electron chi connectivity index (χ2n) is 8.91. The van der Waals surface area contributed by atoms with E-state index in [2.05, 4.69) is 45.4 Å². The molecule has 0 bridgehead atoms. The maximum atomic E-state index is 12.8. The number of rotatable bonds is 7. The molecule has 0 radical (unpaired) electrons. The van der Waals surface area contributed by atoms with Crippen molar-refractivity contribution in [3.05, 3.63) is 119 Å². The molecule has 0 saturated heterocycles. The molecule has 5 aromatic carbocycles. The molecule has 1 N–H and O–H groups in total. The minimum atomic E-state index is -0.194. The number of thioether (sulfide) groups is 1. The van der Waals surface area contributed by atoms with Gasteiger partial charge in [0.15, 0.2) is 5.16 Å². The summed E-state index contributed by atoms with van der Waals surface area (Å²) in [5, 5.41) is 10.2. The van der Waals surface area contributed by atoms with Crippen LogP contribution in [0.1, 0.15) is 11.1 Å². The topological polar surface area (TPSA) is 59.3 Å². The van der Waals surface area contributed by atoms with E-state index in [0.29, 0.717) is 11.6 Å². The van der Waals surface area contributed by atoms with Gasteiger partial charge in [0, 0.05) is 10.6 Å². The van der Waals surface area contributed by atoms with Gasteiger partial charge in [-0.3, -0.25) is 4.79 Å². The summed E-state index contributed by atoms with van der Waals surface area (Å²) in [5.41, 5.74) is 6.70. The first kappa shape index (κ1) is 24.2. The van der Waals surface area contributed by atoms with Crippen molar-refractivity contribution in [2.45, 2.75) is 11.7 Å². The number of aromatic nitrogens is 2. The van der Waals surface area contributed by atoms with Crippen LogP contribution in [-0.4, -0.2) is 27.4 Å². The Morgan fingerprint density at radius 2 is 1.55 bits per heavy atom. The third kappa shape index (κ3) is 5.01. The van der Waals surface area contributed by atoms with Gasteiger partial charge in [-0.25, -0.2) is 10.4 Å². The molecule has 5 nitrogen and oxygen atoms in total. The maximum Gasteiger partial charge on any atom is 0.250 e. The molecule has 1 heterocycles. The van der Waals surface area contributed by atoms with Crippen molar-refractivity contribution in [1.29, 1.82) is 0 Å². The number of imidazole rings is 1. The van der Waals surface area contributed by atoms with Crippen molar-refractivity contribution < 1.29 is 4.79 Å². The Hall–Kier alpha value is -4.13. The van der Waals surface area contributed by atoms with Crippen molar-refractivity contribution in [2.24, 2.45) is 5.10 Å². The highest BCUT2D eigenvalue weighted by molar-refractivity contribution is 7.99. The molecule has 6 aromatic rings. The highest BCUT2D eigenvalue weighted by atomic mass is 35.5. The second-order valence-corrected chi connectivity index (χ2v) is 10.3. The predicted molar refractivity (Wildman–Crippen MR) is 158 cm³/mol. The lowest BCUT2D eigenvalue weighted by Gasteiger charge is -2.09. The molecular formula is C31H23ClN4OS. The predicted octanol–water partition coefficient (Wildman–Crippen LogP) is 7.29. The van der Waals surface area contributed by atoms with Crippen LogP contribution in [0, 0.1) is 0 Å². The first-order valence-electron chi connectivity index (χ1n) is 12.2. The third-order valence-corrected chi connectivity index (χ3v) is 7.63. The number of hydrazone groups is 1. The van der Waals surface area contributed by atoms with E-state index in [0.717, 1.165) is 48.9 Å². The van der Waals surface area contributed by atoms with Gasteiger partial charge in [0.2, 0.25) is 0 Å². The van der Waals surface area contributed by atoms with Crippen LogP contribution >= 0.6 is 23.4 Å². The number of para-hydroxylation sites is 2. The van der Waals surface area contributed by atoms with Gasteiger partial charge in [-0.2, -0.15) is 5.10 Å². The lowest BCUT2D eigenvalue weighted by Crippen LogP contribution is -2.20. The molecule has 0 saturated carbocycles. The Morgan fingerprint density at radius 3 is 2.29 bits per heavy atom. The van der Waals surface area contributed by atoms with Gasteiger partial charge in [-0.15, -0.1) is 0 Å². The summed E-state index contributed by atoms with van der Waals surface area (Å²) in [7, 11) is 0. The molecule has 0 aliphatic carbocycles. The summed E-state index contributed by atoms with van der Waals surface area (Å²) < 4.78 is 2.13. The molecule has 0 spiro atoms. The first-order valence-corrected chi connectivity index (χ1v) is 13.6. The number of amides is 1. The van der Waals surface area contributed by atoms with E-state index >= 15 is 0 Å². The summed E-state index contributed by atoms with van der Waals surface area (Å²) in [4.78, 5) is 17.5. The van der Waals surface area contributed by atoms with E-state index in [9.17, 15) is 4.79 Å². The van der Waals surface area contributed by atoms with Gasteiger partial charge in [0.25, 0.3) is 5.91 Å². The summed E-state index contributed by atoms with van der Waals surface area (Å²) in [5.74, 6) is -0.00159. The van der Waals surface area contributed by atoms with E-state index in [1.165, 1.54) is 11.8 Å². The average Bonchev–Trinajstić information content (AvgIpc) is 3.30. The highest BCUT2D eigenvalue weighted by Gasteiger charge is 2.13. The molecule has 1 aromatic heterocycles. The van der Waals surface area contributed by atoms with Crippen molar-refractivity contribution in [2.75, 3.05) is 5.75 Å². The van der Waals surface area contributed by atoms with Crippen LogP contribution in [0.3, 0.4) is 0 Å². The summed E-state index contributed by atoms with van der Waals surface area (Å²) >= 11 is 7.46. The third-order valence-electron chi connectivity index (χ3n) is 6.40. The molecule has 0 atom stereocenters. The Morgan fingerprint density at radius 1 is 0.895 bits per heavy atom. The smallest absolute Gasteiger partial charge is 0.250 e. The number of benzene rings is 5. The monoisotopic (exact) mass is 534 g/mol. The van der Waals surface area contributed by atoms with Crippen LogP contribution in [0.2, 0.25) is 5.02 Å². The van der Waals surface area contributed by atoms with Crippen molar-refractivity contribution >= 4 is 68.1 Å². The van der Waals surface area contributed by atoms with Crippen molar-refractivity contribution in [3.8, 4) is 0 Å². The summed E-state index contributed by atoms with van der Waals surface area (Å²) in [6, 6.07) is 34.3. The number of halogens is 1. The Labute approximate surface area is 229 Å². The standard InChI is InChI=1S/C31H23ClN4OS/c32-24-15-13-21(14-16-24)19-36-29-12-6-5-11-28(29)34-31(36)38-20-30(37)35-33-18-27-25-9-3-1-7-22(25)17-23-8-2-4-10-26(23)27/h1-18H,19-20H2,(H,35,37)/b33-18+. The van der Waals surface area contributed by atoms with Crippen LogP contribution in [0.5, 0.6) is 0 Å². The summed E-state index contributed by atoms with van der Waals surface area (Å²) in [6.07, 6.45) is 1.74. The molecule has 0 aliphatic rings. The van der Waals surface area contributed by atoms with E-state index in [1.807, 2.05) is 72.8 Å². The minimum absolute atomic E-state index is 0.192. The number of nitrogens with zero attached hydrogens (tertiary/aromatic N) is 3. The SMILES string of the molecule is O=C(CSc1nc2ccccc2n1Cc1ccc(Cl)cc1)N/N=C/c1c2ccccc2cc2ccccc12. The number of carbonyl (C=O) groups is 1. The van der Waals surface area contributed by atoms with E-state index in [4.69, 9.17) is 16.6 Å². The normalized spacial score (nSPS) is 11.6. The van der Waals surface area contributed by atoms with Crippen molar-refractivity contribution in [3.63, 3.8) is 0 Å². The zero-order valence-corrected chi connectivity index (χ0v) is 21.9. The lowest BCUT2D eigenvalue weighted by atomic mass is 9.97. The van der Waals surface area contributed by atoms with Gasteiger partial charge in [0.1, 0.15) is 0 Å². The van der Waals surface area contributed by atoms with Crippen molar-refractivity contribution in [1.82, 2.24) is 15.0 Å². The van der Waals surface area contributed by atoms with E-state index in [1.54, 1.807) is 6.21 Å². The lowest BCUT2D eigenvalue weighted by molar-refractivity contribution is -0.118.